The van der Waals surface area contributed by atoms with E-state index in [-0.39, 0.29) is 6.10 Å². The van der Waals surface area contributed by atoms with Crippen LogP contribution in [0.2, 0.25) is 5.02 Å². The molecule has 0 amide bonds. The van der Waals surface area contributed by atoms with Crippen molar-refractivity contribution in [3.8, 4) is 0 Å². The first-order valence-electron chi connectivity index (χ1n) is 6.57. The summed E-state index contributed by atoms with van der Waals surface area (Å²) in [7, 11) is 1.88. The van der Waals surface area contributed by atoms with E-state index >= 15 is 0 Å². The third kappa shape index (κ3) is 3.05. The maximum Gasteiger partial charge on any atom is 0.0850 e. The van der Waals surface area contributed by atoms with E-state index in [0.29, 0.717) is 17.4 Å². The van der Waals surface area contributed by atoms with Crippen LogP contribution >= 0.6 is 11.6 Å². The van der Waals surface area contributed by atoms with Gasteiger partial charge in [0.1, 0.15) is 0 Å². The van der Waals surface area contributed by atoms with E-state index < -0.39 is 0 Å². The molecule has 2 rings (SSSR count). The van der Waals surface area contributed by atoms with Gasteiger partial charge in [-0.05, 0) is 25.2 Å². The van der Waals surface area contributed by atoms with Gasteiger partial charge in [-0.1, -0.05) is 18.5 Å². The van der Waals surface area contributed by atoms with E-state index in [1.54, 1.807) is 4.68 Å². The van der Waals surface area contributed by atoms with Crippen molar-refractivity contribution in [1.29, 1.82) is 0 Å². The van der Waals surface area contributed by atoms with Gasteiger partial charge in [-0.25, -0.2) is 0 Å². The zero-order chi connectivity index (χ0) is 13.1. The van der Waals surface area contributed by atoms with Crippen LogP contribution < -0.4 is 0 Å². The number of aromatic nitrogens is 2. The highest BCUT2D eigenvalue weighted by Gasteiger charge is 2.22. The van der Waals surface area contributed by atoms with Crippen molar-refractivity contribution in [2.75, 3.05) is 13.2 Å². The van der Waals surface area contributed by atoms with Crippen LogP contribution in [0.1, 0.15) is 31.2 Å². The zero-order valence-electron chi connectivity index (χ0n) is 11.0. The molecule has 1 N–H and O–H groups in total. The Labute approximate surface area is 113 Å². The molecule has 2 atom stereocenters. The van der Waals surface area contributed by atoms with Crippen LogP contribution in [0.4, 0.5) is 0 Å². The molecule has 5 heteroatoms. The minimum atomic E-state index is -0.366. The predicted molar refractivity (Wildman–Crippen MR) is 70.8 cm³/mol. The normalized spacial score (nSPS) is 21.4. The average Bonchev–Trinajstić information content (AvgIpc) is 2.92. The number of hydrogen-bond acceptors (Lipinski definition) is 3. The fourth-order valence-electron chi connectivity index (χ4n) is 2.50. The van der Waals surface area contributed by atoms with Crippen molar-refractivity contribution < 1.29 is 9.84 Å². The number of hydrogen-bond donors (Lipinski definition) is 1. The first-order chi connectivity index (χ1) is 8.61. The summed E-state index contributed by atoms with van der Waals surface area (Å²) < 4.78 is 7.11. The maximum atomic E-state index is 10.1. The van der Waals surface area contributed by atoms with Crippen LogP contribution in [0, 0.1) is 5.92 Å². The quantitative estimate of drug-likeness (QED) is 0.891. The molecule has 1 aliphatic heterocycles. The molecular formula is C13H21ClN2O2. The zero-order valence-corrected chi connectivity index (χ0v) is 11.8. The lowest BCUT2D eigenvalue weighted by Gasteiger charge is -2.14. The number of rotatable bonds is 5. The van der Waals surface area contributed by atoms with Gasteiger partial charge in [0.05, 0.1) is 22.5 Å². The van der Waals surface area contributed by atoms with Crippen molar-refractivity contribution >= 4 is 11.6 Å². The molecule has 1 aromatic rings. The fourth-order valence-corrected chi connectivity index (χ4v) is 2.87. The third-order valence-corrected chi connectivity index (χ3v) is 4.00. The second-order valence-electron chi connectivity index (χ2n) is 5.01. The molecule has 18 heavy (non-hydrogen) atoms. The van der Waals surface area contributed by atoms with Gasteiger partial charge in [-0.3, -0.25) is 4.68 Å². The van der Waals surface area contributed by atoms with Crippen LogP contribution in [0.15, 0.2) is 0 Å². The molecule has 0 radical (unpaired) electrons. The second-order valence-corrected chi connectivity index (χ2v) is 5.39. The monoisotopic (exact) mass is 272 g/mol. The Morgan fingerprint density at radius 3 is 2.94 bits per heavy atom. The molecule has 2 unspecified atom stereocenters. The van der Waals surface area contributed by atoms with E-state index in [2.05, 4.69) is 5.10 Å². The molecule has 4 nitrogen and oxygen atoms in total. The summed E-state index contributed by atoms with van der Waals surface area (Å²) >= 11 is 6.27. The number of aryl methyl sites for hydroxylation is 2. The minimum Gasteiger partial charge on any atom is -0.393 e. The topological polar surface area (TPSA) is 47.3 Å². The van der Waals surface area contributed by atoms with Crippen molar-refractivity contribution in [2.45, 2.75) is 38.7 Å². The molecular weight excluding hydrogens is 252 g/mol. The average molecular weight is 273 g/mol. The summed E-state index contributed by atoms with van der Waals surface area (Å²) in [4.78, 5) is 0. The fraction of sp³-hybridized carbons (Fsp3) is 0.769. The van der Waals surface area contributed by atoms with Crippen LogP contribution in [0.25, 0.3) is 0 Å². The molecule has 102 valence electrons. The first kappa shape index (κ1) is 13.8. The van der Waals surface area contributed by atoms with Gasteiger partial charge in [0.15, 0.2) is 0 Å². The summed E-state index contributed by atoms with van der Waals surface area (Å²) in [5.74, 6) is 0.484. The van der Waals surface area contributed by atoms with Crippen LogP contribution in [0.5, 0.6) is 0 Å². The van der Waals surface area contributed by atoms with Gasteiger partial charge in [0, 0.05) is 26.7 Å². The van der Waals surface area contributed by atoms with Crippen molar-refractivity contribution in [1.82, 2.24) is 9.78 Å². The highest BCUT2D eigenvalue weighted by Crippen LogP contribution is 2.25. The van der Waals surface area contributed by atoms with Gasteiger partial charge in [0.2, 0.25) is 0 Å². The number of nitrogens with zero attached hydrogens (tertiary/aromatic N) is 2. The first-order valence-corrected chi connectivity index (χ1v) is 6.95. The molecule has 0 saturated carbocycles. The van der Waals surface area contributed by atoms with Crippen molar-refractivity contribution in [3.05, 3.63) is 16.4 Å². The Balaban J connectivity index is 1.97. The Kier molecular flexibility index (Phi) is 4.65. The molecule has 0 bridgehead atoms. The van der Waals surface area contributed by atoms with E-state index in [0.717, 1.165) is 43.9 Å². The van der Waals surface area contributed by atoms with Gasteiger partial charge >= 0.3 is 0 Å². The van der Waals surface area contributed by atoms with Crippen LogP contribution in [-0.2, 0) is 24.6 Å². The van der Waals surface area contributed by atoms with Gasteiger partial charge in [0.25, 0.3) is 0 Å². The predicted octanol–water partition coefficient (Wildman–Crippen LogP) is 1.97. The second kappa shape index (κ2) is 6.04. The molecule has 1 aromatic heterocycles. The minimum absolute atomic E-state index is 0.366. The van der Waals surface area contributed by atoms with Gasteiger partial charge in [-0.15, -0.1) is 0 Å². The Bertz CT molecular complexity index is 400. The molecule has 0 aliphatic carbocycles. The highest BCUT2D eigenvalue weighted by atomic mass is 35.5. The Morgan fingerprint density at radius 1 is 1.61 bits per heavy atom. The van der Waals surface area contributed by atoms with E-state index in [4.69, 9.17) is 16.3 Å². The molecule has 1 saturated heterocycles. The summed E-state index contributed by atoms with van der Waals surface area (Å²) in [6.07, 6.45) is 2.85. The van der Waals surface area contributed by atoms with Crippen LogP contribution in [0.3, 0.4) is 0 Å². The Morgan fingerprint density at radius 2 is 2.39 bits per heavy atom. The lowest BCUT2D eigenvalue weighted by molar-refractivity contribution is 0.127. The summed E-state index contributed by atoms with van der Waals surface area (Å²) in [6.45, 7) is 3.63. The lowest BCUT2D eigenvalue weighted by atomic mass is 9.98. The number of aliphatic hydroxyl groups is 1. The maximum absolute atomic E-state index is 10.1. The SMILES string of the molecule is CCc1nn(C)c(CC(O)CC2CCOC2)c1Cl. The van der Waals surface area contributed by atoms with Crippen molar-refractivity contribution in [2.24, 2.45) is 13.0 Å². The largest absolute Gasteiger partial charge is 0.393 e. The smallest absolute Gasteiger partial charge is 0.0850 e. The van der Waals surface area contributed by atoms with Gasteiger partial charge in [-0.2, -0.15) is 5.10 Å². The highest BCUT2D eigenvalue weighted by molar-refractivity contribution is 6.31. The Hall–Kier alpha value is -0.580. The van der Waals surface area contributed by atoms with E-state index in [1.165, 1.54) is 0 Å². The summed E-state index contributed by atoms with van der Waals surface area (Å²) in [6, 6.07) is 0. The third-order valence-electron chi connectivity index (χ3n) is 3.56. The standard InChI is InChI=1S/C13H21ClN2O2/c1-3-11-13(14)12(16(2)15-11)7-10(17)6-9-4-5-18-8-9/h9-10,17H,3-8H2,1-2H3. The molecule has 2 heterocycles. The molecule has 1 fully saturated rings. The number of halogens is 1. The van der Waals surface area contributed by atoms with E-state index in [1.807, 2.05) is 14.0 Å². The molecule has 1 aliphatic rings. The molecule has 0 spiro atoms. The van der Waals surface area contributed by atoms with Crippen LogP contribution in [-0.4, -0.2) is 34.2 Å². The lowest BCUT2D eigenvalue weighted by Crippen LogP contribution is -2.18. The number of aliphatic hydroxyl groups excluding tert-OH is 1. The van der Waals surface area contributed by atoms with Crippen molar-refractivity contribution in [3.63, 3.8) is 0 Å². The molecule has 0 aromatic carbocycles. The number of ether oxygens (including phenoxy) is 1. The van der Waals surface area contributed by atoms with Gasteiger partial charge < -0.3 is 9.84 Å². The summed E-state index contributed by atoms with van der Waals surface area (Å²) in [5, 5.41) is 15.2. The summed E-state index contributed by atoms with van der Waals surface area (Å²) in [5.41, 5.74) is 1.84. The van der Waals surface area contributed by atoms with E-state index in [9.17, 15) is 5.11 Å².